The number of carbonyl (C=O) groups is 2. The second kappa shape index (κ2) is 9.76. The quantitative estimate of drug-likeness (QED) is 0.731. The van der Waals surface area contributed by atoms with Gasteiger partial charge in [-0.05, 0) is 49.2 Å². The summed E-state index contributed by atoms with van der Waals surface area (Å²) < 4.78 is 27.9. The minimum atomic E-state index is -0.994. The number of oxime groups is 1. The topological polar surface area (TPSA) is 83.0 Å². The van der Waals surface area contributed by atoms with Gasteiger partial charge in [0.15, 0.2) is 0 Å². The molecule has 2 aliphatic rings. The molecule has 1 saturated heterocycles. The molecule has 2 aliphatic heterocycles. The number of nitrogens with one attached hydrogen (secondary N) is 2. The van der Waals surface area contributed by atoms with Crippen LogP contribution in [0.15, 0.2) is 47.6 Å². The van der Waals surface area contributed by atoms with E-state index in [-0.39, 0.29) is 23.7 Å². The summed E-state index contributed by atoms with van der Waals surface area (Å²) in [6.07, 6.45) is 3.27. The van der Waals surface area contributed by atoms with E-state index in [1.54, 1.807) is 24.3 Å². The Labute approximate surface area is 184 Å². The van der Waals surface area contributed by atoms with Crippen LogP contribution in [0, 0.1) is 11.6 Å². The molecule has 2 heterocycles. The predicted octanol–water partition coefficient (Wildman–Crippen LogP) is 4.50. The maximum absolute atomic E-state index is 13.9. The number of rotatable bonds is 4. The van der Waals surface area contributed by atoms with Gasteiger partial charge in [0.1, 0.15) is 11.6 Å². The summed E-state index contributed by atoms with van der Waals surface area (Å²) in [6, 6.07) is 10.1. The first-order valence-electron chi connectivity index (χ1n) is 10.7. The van der Waals surface area contributed by atoms with Crippen LogP contribution in [0.5, 0.6) is 0 Å². The smallest absolute Gasteiger partial charge is 0.321 e. The van der Waals surface area contributed by atoms with Gasteiger partial charge in [-0.1, -0.05) is 24.1 Å². The number of carbonyl (C=O) groups excluding carboxylic acids is 2. The molecule has 168 valence electrons. The van der Waals surface area contributed by atoms with Crippen molar-refractivity contribution in [3.05, 3.63) is 59.7 Å². The summed E-state index contributed by atoms with van der Waals surface area (Å²) in [6.45, 7) is 1.50. The van der Waals surface area contributed by atoms with Crippen LogP contribution >= 0.6 is 0 Å². The van der Waals surface area contributed by atoms with Gasteiger partial charge >= 0.3 is 6.03 Å². The lowest BCUT2D eigenvalue weighted by Gasteiger charge is -2.20. The first-order valence-corrected chi connectivity index (χ1v) is 10.7. The van der Waals surface area contributed by atoms with Gasteiger partial charge in [0.05, 0.1) is 11.3 Å². The minimum Gasteiger partial charge on any atom is -0.382 e. The Morgan fingerprint density at radius 3 is 2.12 bits per heavy atom. The summed E-state index contributed by atoms with van der Waals surface area (Å²) in [4.78, 5) is 31.8. The van der Waals surface area contributed by atoms with Crippen LogP contribution in [0.1, 0.15) is 37.7 Å². The third-order valence-electron chi connectivity index (χ3n) is 5.51. The molecule has 2 N–H and O–H groups in total. The number of nitrogens with zero attached hydrogens (tertiary/aromatic N) is 2. The number of hydrogen-bond acceptors (Lipinski definition) is 4. The minimum absolute atomic E-state index is 0.0480. The molecule has 0 aromatic heterocycles. The molecule has 7 nitrogen and oxygen atoms in total. The van der Waals surface area contributed by atoms with Crippen molar-refractivity contribution in [1.82, 2.24) is 4.90 Å². The molecule has 0 radical (unpaired) electrons. The third kappa shape index (κ3) is 5.04. The summed E-state index contributed by atoms with van der Waals surface area (Å²) in [7, 11) is 0. The van der Waals surface area contributed by atoms with Gasteiger partial charge in [0.25, 0.3) is 5.91 Å². The Kier molecular flexibility index (Phi) is 6.63. The molecule has 9 heteroatoms. The van der Waals surface area contributed by atoms with E-state index in [0.717, 1.165) is 50.9 Å². The largest absolute Gasteiger partial charge is 0.382 e. The van der Waals surface area contributed by atoms with Gasteiger partial charge in [-0.2, -0.15) is 0 Å². The van der Waals surface area contributed by atoms with Gasteiger partial charge in [0.2, 0.25) is 6.10 Å². The molecular formula is C23H24F2N4O3. The van der Waals surface area contributed by atoms with Crippen molar-refractivity contribution in [2.75, 3.05) is 23.7 Å². The number of benzene rings is 2. The average Bonchev–Trinajstić information content (AvgIpc) is 3.09. The van der Waals surface area contributed by atoms with E-state index in [4.69, 9.17) is 4.84 Å². The lowest BCUT2D eigenvalue weighted by atomic mass is 10.0. The molecule has 0 spiro atoms. The summed E-state index contributed by atoms with van der Waals surface area (Å²) in [5, 5.41) is 9.25. The molecule has 1 atom stereocenters. The predicted molar refractivity (Wildman–Crippen MR) is 117 cm³/mol. The highest BCUT2D eigenvalue weighted by molar-refractivity contribution is 6.06. The molecular weight excluding hydrogens is 418 g/mol. The van der Waals surface area contributed by atoms with Crippen LogP contribution in [0.25, 0.3) is 0 Å². The van der Waals surface area contributed by atoms with Gasteiger partial charge in [-0.3, -0.25) is 4.79 Å². The van der Waals surface area contributed by atoms with E-state index in [0.29, 0.717) is 11.4 Å². The SMILES string of the molecule is O=C(Nc1ccc(NC(=O)N2CCCCCC2)cc1)C1CC(c2c(F)cccc2F)=NO1. The molecule has 3 amide bonds. The lowest BCUT2D eigenvalue weighted by molar-refractivity contribution is -0.125. The Hall–Kier alpha value is -3.49. The van der Waals surface area contributed by atoms with Crippen molar-refractivity contribution in [2.45, 2.75) is 38.2 Å². The van der Waals surface area contributed by atoms with Gasteiger partial charge in [-0.15, -0.1) is 0 Å². The zero-order chi connectivity index (χ0) is 22.5. The highest BCUT2D eigenvalue weighted by Crippen LogP contribution is 2.23. The van der Waals surface area contributed by atoms with Crippen LogP contribution in [-0.2, 0) is 9.63 Å². The van der Waals surface area contributed by atoms with Crippen LogP contribution in [-0.4, -0.2) is 41.7 Å². The van der Waals surface area contributed by atoms with Gasteiger partial charge in [-0.25, -0.2) is 13.6 Å². The van der Waals surface area contributed by atoms with E-state index in [1.165, 1.54) is 6.07 Å². The highest BCUT2D eigenvalue weighted by atomic mass is 19.1. The number of halogens is 2. The monoisotopic (exact) mass is 442 g/mol. The molecule has 1 fully saturated rings. The third-order valence-corrected chi connectivity index (χ3v) is 5.51. The van der Waals surface area contributed by atoms with Crippen LogP contribution in [0.4, 0.5) is 25.0 Å². The Bertz CT molecular complexity index is 998. The normalized spacial score (nSPS) is 18.4. The van der Waals surface area contributed by atoms with Crippen LogP contribution < -0.4 is 10.6 Å². The van der Waals surface area contributed by atoms with Crippen molar-refractivity contribution in [1.29, 1.82) is 0 Å². The van der Waals surface area contributed by atoms with Crippen LogP contribution in [0.3, 0.4) is 0 Å². The number of urea groups is 1. The molecule has 1 unspecified atom stereocenters. The van der Waals surface area contributed by atoms with Crippen molar-refractivity contribution in [2.24, 2.45) is 5.16 Å². The summed E-state index contributed by atoms with van der Waals surface area (Å²) >= 11 is 0. The maximum Gasteiger partial charge on any atom is 0.321 e. The molecule has 0 bridgehead atoms. The lowest BCUT2D eigenvalue weighted by Crippen LogP contribution is -2.35. The fraction of sp³-hybridized carbons (Fsp3) is 0.348. The van der Waals surface area contributed by atoms with Crippen LogP contribution in [0.2, 0.25) is 0 Å². The number of hydrogen-bond donors (Lipinski definition) is 2. The van der Waals surface area contributed by atoms with Crippen molar-refractivity contribution in [3.63, 3.8) is 0 Å². The number of amides is 3. The molecule has 32 heavy (non-hydrogen) atoms. The molecule has 0 saturated carbocycles. The highest BCUT2D eigenvalue weighted by Gasteiger charge is 2.31. The second-order valence-corrected chi connectivity index (χ2v) is 7.83. The second-order valence-electron chi connectivity index (χ2n) is 7.83. The van der Waals surface area contributed by atoms with Gasteiger partial charge in [0, 0.05) is 30.9 Å². The zero-order valence-corrected chi connectivity index (χ0v) is 17.4. The fourth-order valence-corrected chi connectivity index (χ4v) is 3.78. The molecule has 4 rings (SSSR count). The summed E-state index contributed by atoms with van der Waals surface area (Å²) in [5.41, 5.74) is 0.881. The van der Waals surface area contributed by atoms with E-state index in [1.807, 2.05) is 4.90 Å². The molecule has 0 aliphatic carbocycles. The van der Waals surface area contributed by atoms with Crippen molar-refractivity contribution in [3.8, 4) is 0 Å². The number of anilines is 2. The van der Waals surface area contributed by atoms with E-state index < -0.39 is 23.6 Å². The summed E-state index contributed by atoms with van der Waals surface area (Å²) in [5.74, 6) is -2.00. The Morgan fingerprint density at radius 1 is 0.906 bits per heavy atom. The number of likely N-dealkylation sites (tertiary alicyclic amines) is 1. The zero-order valence-electron chi connectivity index (χ0n) is 17.4. The van der Waals surface area contributed by atoms with Crippen molar-refractivity contribution >= 4 is 29.0 Å². The van der Waals surface area contributed by atoms with E-state index in [9.17, 15) is 18.4 Å². The van der Waals surface area contributed by atoms with Gasteiger partial charge < -0.3 is 20.4 Å². The van der Waals surface area contributed by atoms with Crippen molar-refractivity contribution < 1.29 is 23.2 Å². The Balaban J connectivity index is 1.31. The maximum atomic E-state index is 13.9. The van der Waals surface area contributed by atoms with E-state index >= 15 is 0 Å². The molecule has 2 aromatic rings. The average molecular weight is 442 g/mol. The Morgan fingerprint density at radius 2 is 1.50 bits per heavy atom. The standard InChI is InChI=1S/C23H24F2N4O3/c24-17-6-5-7-18(25)21(17)19-14-20(32-28-19)22(30)26-15-8-10-16(11-9-15)27-23(31)29-12-3-1-2-4-13-29/h5-11,20H,1-4,12-14H2,(H,26,30)(H,27,31). The van der Waals surface area contributed by atoms with E-state index in [2.05, 4.69) is 15.8 Å². The molecule has 2 aromatic carbocycles. The first-order chi connectivity index (χ1) is 15.5. The first kappa shape index (κ1) is 21.7. The fourth-order valence-electron chi connectivity index (χ4n) is 3.78.